The van der Waals surface area contributed by atoms with Crippen molar-refractivity contribution < 1.29 is 9.53 Å². The largest absolute Gasteiger partial charge is 0.381 e. The van der Waals surface area contributed by atoms with Gasteiger partial charge in [0.1, 0.15) is 0 Å². The Balaban J connectivity index is 1.50. The average Bonchev–Trinajstić information content (AvgIpc) is 2.98. The van der Waals surface area contributed by atoms with Crippen LogP contribution in [0.2, 0.25) is 0 Å². The fourth-order valence-corrected chi connectivity index (χ4v) is 5.58. The highest BCUT2D eigenvalue weighted by molar-refractivity contribution is 8.00. The van der Waals surface area contributed by atoms with Crippen molar-refractivity contribution in [3.8, 4) is 0 Å². The molecule has 0 bridgehead atoms. The van der Waals surface area contributed by atoms with Gasteiger partial charge in [-0.2, -0.15) is 11.8 Å². The van der Waals surface area contributed by atoms with E-state index in [0.717, 1.165) is 63.3 Å². The van der Waals surface area contributed by atoms with Crippen molar-refractivity contribution in [1.29, 1.82) is 0 Å². The molecule has 4 nitrogen and oxygen atoms in total. The Hall–Kier alpha value is -0.420. The highest BCUT2D eigenvalue weighted by Crippen LogP contribution is 2.37. The number of likely N-dealkylation sites (tertiary alicyclic amines) is 1. The topological polar surface area (TPSA) is 41.6 Å². The summed E-state index contributed by atoms with van der Waals surface area (Å²) < 4.78 is 5.70. The number of ether oxygens (including phenoxy) is 1. The summed E-state index contributed by atoms with van der Waals surface area (Å²) in [5.41, 5.74) is 0. The number of nitrogens with one attached hydrogen (secondary N) is 1. The Labute approximate surface area is 138 Å². The number of carbonyl (C=O) groups is 1. The van der Waals surface area contributed by atoms with Gasteiger partial charge < -0.3 is 15.0 Å². The third-order valence-corrected chi connectivity index (χ3v) is 7.13. The molecule has 3 rings (SSSR count). The molecule has 2 heterocycles. The molecule has 3 aliphatic rings. The summed E-state index contributed by atoms with van der Waals surface area (Å²) >= 11 is 1.99. The Morgan fingerprint density at radius 2 is 1.86 bits per heavy atom. The van der Waals surface area contributed by atoms with Gasteiger partial charge >= 0.3 is 6.03 Å². The van der Waals surface area contributed by atoms with Crippen LogP contribution in [0.3, 0.4) is 0 Å². The smallest absolute Gasteiger partial charge is 0.317 e. The molecule has 2 amide bonds. The molecule has 1 aliphatic carbocycles. The van der Waals surface area contributed by atoms with Crippen LogP contribution in [-0.4, -0.2) is 54.3 Å². The predicted molar refractivity (Wildman–Crippen MR) is 91.3 cm³/mol. The minimum absolute atomic E-state index is 0.164. The second-order valence-corrected chi connectivity index (χ2v) is 8.83. The molecule has 0 radical (unpaired) electrons. The first-order valence-corrected chi connectivity index (χ1v) is 9.95. The monoisotopic (exact) mass is 326 g/mol. The lowest BCUT2D eigenvalue weighted by atomic mass is 9.82. The molecule has 2 saturated heterocycles. The summed E-state index contributed by atoms with van der Waals surface area (Å²) in [7, 11) is 0. The SMILES string of the molecule is CCSC1(CNC(=O)N2C[C@H]3CCCC[C@@H]3C2)CCOCC1. The summed E-state index contributed by atoms with van der Waals surface area (Å²) in [6.07, 6.45) is 7.46. The first kappa shape index (κ1) is 16.4. The van der Waals surface area contributed by atoms with Gasteiger partial charge in [-0.15, -0.1) is 0 Å². The zero-order chi connectivity index (χ0) is 15.4. The highest BCUT2D eigenvalue weighted by atomic mass is 32.2. The van der Waals surface area contributed by atoms with Crippen molar-refractivity contribution in [1.82, 2.24) is 10.2 Å². The summed E-state index contributed by atoms with van der Waals surface area (Å²) in [5.74, 6) is 2.63. The number of fused-ring (bicyclic) bond motifs is 1. The van der Waals surface area contributed by atoms with E-state index in [1.807, 2.05) is 11.8 Å². The van der Waals surface area contributed by atoms with Crippen LogP contribution >= 0.6 is 11.8 Å². The fourth-order valence-electron chi connectivity index (χ4n) is 4.34. The molecular weight excluding hydrogens is 296 g/mol. The molecule has 126 valence electrons. The number of thioether (sulfide) groups is 1. The lowest BCUT2D eigenvalue weighted by Gasteiger charge is -2.37. The molecule has 2 atom stereocenters. The molecule has 0 aromatic rings. The predicted octanol–water partition coefficient (Wildman–Crippen LogP) is 3.12. The minimum Gasteiger partial charge on any atom is -0.381 e. The van der Waals surface area contributed by atoms with Gasteiger partial charge in [-0.3, -0.25) is 0 Å². The van der Waals surface area contributed by atoms with Gasteiger partial charge in [0.2, 0.25) is 0 Å². The Bertz CT molecular complexity index is 365. The Kier molecular flexibility index (Phi) is 5.55. The van der Waals surface area contributed by atoms with E-state index in [1.165, 1.54) is 25.7 Å². The summed E-state index contributed by atoms with van der Waals surface area (Å²) in [6.45, 7) is 6.61. The number of urea groups is 1. The van der Waals surface area contributed by atoms with E-state index < -0.39 is 0 Å². The van der Waals surface area contributed by atoms with Crippen molar-refractivity contribution in [3.05, 3.63) is 0 Å². The molecule has 0 aromatic carbocycles. The maximum atomic E-state index is 12.6. The van der Waals surface area contributed by atoms with Gasteiger partial charge in [-0.25, -0.2) is 4.79 Å². The van der Waals surface area contributed by atoms with Crippen molar-refractivity contribution >= 4 is 17.8 Å². The molecule has 0 unspecified atom stereocenters. The molecule has 2 aliphatic heterocycles. The molecular formula is C17H30N2O2S. The number of nitrogens with zero attached hydrogens (tertiary/aromatic N) is 1. The second-order valence-electron chi connectivity index (χ2n) is 7.10. The number of rotatable bonds is 4. The third kappa shape index (κ3) is 3.73. The maximum absolute atomic E-state index is 12.6. The molecule has 5 heteroatoms. The number of amides is 2. The first-order valence-electron chi connectivity index (χ1n) is 8.97. The lowest BCUT2D eigenvalue weighted by Crippen LogP contribution is -2.48. The van der Waals surface area contributed by atoms with Gasteiger partial charge in [-0.05, 0) is 43.3 Å². The van der Waals surface area contributed by atoms with Crippen molar-refractivity contribution in [2.24, 2.45) is 11.8 Å². The van der Waals surface area contributed by atoms with E-state index >= 15 is 0 Å². The average molecular weight is 327 g/mol. The molecule has 0 aromatic heterocycles. The number of hydrogen-bond donors (Lipinski definition) is 1. The quantitative estimate of drug-likeness (QED) is 0.863. The summed E-state index contributed by atoms with van der Waals surface area (Å²) in [6, 6.07) is 0.164. The summed E-state index contributed by atoms with van der Waals surface area (Å²) in [4.78, 5) is 14.6. The lowest BCUT2D eigenvalue weighted by molar-refractivity contribution is 0.0772. The molecule has 1 saturated carbocycles. The Morgan fingerprint density at radius 3 is 2.45 bits per heavy atom. The molecule has 3 fully saturated rings. The van der Waals surface area contributed by atoms with E-state index in [2.05, 4.69) is 17.1 Å². The fraction of sp³-hybridized carbons (Fsp3) is 0.941. The molecule has 0 spiro atoms. The van der Waals surface area contributed by atoms with Gasteiger partial charge in [0, 0.05) is 37.6 Å². The van der Waals surface area contributed by atoms with Gasteiger partial charge in [0.25, 0.3) is 0 Å². The van der Waals surface area contributed by atoms with E-state index in [0.29, 0.717) is 0 Å². The van der Waals surface area contributed by atoms with Gasteiger partial charge in [0.15, 0.2) is 0 Å². The van der Waals surface area contributed by atoms with E-state index in [-0.39, 0.29) is 10.8 Å². The minimum atomic E-state index is 0.164. The van der Waals surface area contributed by atoms with E-state index in [1.54, 1.807) is 0 Å². The van der Waals surface area contributed by atoms with Crippen LogP contribution in [0.25, 0.3) is 0 Å². The van der Waals surface area contributed by atoms with Crippen LogP contribution < -0.4 is 5.32 Å². The van der Waals surface area contributed by atoms with Crippen LogP contribution in [0.4, 0.5) is 4.79 Å². The van der Waals surface area contributed by atoms with Gasteiger partial charge in [0.05, 0.1) is 0 Å². The standard InChI is InChI=1S/C17H30N2O2S/c1-2-22-17(7-9-21-10-8-17)13-18-16(20)19-11-14-5-3-4-6-15(14)12-19/h14-15H,2-13H2,1H3,(H,18,20)/t14-,15-/m1/s1. The zero-order valence-corrected chi connectivity index (χ0v) is 14.6. The normalized spacial score (nSPS) is 30.9. The molecule has 22 heavy (non-hydrogen) atoms. The maximum Gasteiger partial charge on any atom is 0.317 e. The first-order chi connectivity index (χ1) is 10.7. The van der Waals surface area contributed by atoms with Crippen LogP contribution in [0.5, 0.6) is 0 Å². The van der Waals surface area contributed by atoms with Crippen molar-refractivity contribution in [2.75, 3.05) is 38.6 Å². The van der Waals surface area contributed by atoms with E-state index in [9.17, 15) is 4.79 Å². The van der Waals surface area contributed by atoms with Crippen LogP contribution in [0, 0.1) is 11.8 Å². The van der Waals surface area contributed by atoms with E-state index in [4.69, 9.17) is 4.74 Å². The highest BCUT2D eigenvalue weighted by Gasteiger charge is 2.38. The third-order valence-electron chi connectivity index (χ3n) is 5.68. The second kappa shape index (κ2) is 7.43. The molecule has 1 N–H and O–H groups in total. The van der Waals surface area contributed by atoms with Crippen molar-refractivity contribution in [3.63, 3.8) is 0 Å². The van der Waals surface area contributed by atoms with Gasteiger partial charge in [-0.1, -0.05) is 19.8 Å². The number of carbonyl (C=O) groups excluding carboxylic acids is 1. The van der Waals surface area contributed by atoms with Crippen LogP contribution in [0.1, 0.15) is 45.4 Å². The zero-order valence-electron chi connectivity index (χ0n) is 13.8. The Morgan fingerprint density at radius 1 is 1.23 bits per heavy atom. The number of hydrogen-bond acceptors (Lipinski definition) is 3. The van der Waals surface area contributed by atoms with Crippen LogP contribution in [-0.2, 0) is 4.74 Å². The van der Waals surface area contributed by atoms with Crippen LogP contribution in [0.15, 0.2) is 0 Å². The van der Waals surface area contributed by atoms with Crippen molar-refractivity contribution in [2.45, 2.75) is 50.2 Å². The summed E-state index contributed by atoms with van der Waals surface area (Å²) in [5, 5.41) is 3.24.